The van der Waals surface area contributed by atoms with E-state index in [9.17, 15) is 13.2 Å². The molecule has 154 valence electrons. The molecular formula is C20H25N5O3S. The van der Waals surface area contributed by atoms with Crippen LogP contribution in [0.4, 0.5) is 5.82 Å². The summed E-state index contributed by atoms with van der Waals surface area (Å²) in [7, 11) is -3.57. The van der Waals surface area contributed by atoms with E-state index < -0.39 is 22.0 Å². The van der Waals surface area contributed by atoms with Gasteiger partial charge in [0.1, 0.15) is 11.9 Å². The largest absolute Gasteiger partial charge is 0.384 e. The minimum Gasteiger partial charge on any atom is -0.384 e. The molecule has 0 saturated carbocycles. The number of nitrogens with one attached hydrogen (secondary N) is 3. The standard InChI is InChI=1S/C20H25N5O3S/c1-2-9-29(27,28)25-18(10-15-13-22-17-6-4-3-5-16(15)17)20(26)24-12-14-7-8-19(21)23-11-14/h3-8,11,13,18,22,25H,2,9-10,12H2,1H3,(H2,21,23)(H,24,26)/t18-/m0/s1. The molecule has 2 heterocycles. The van der Waals surface area contributed by atoms with E-state index >= 15 is 0 Å². The minimum absolute atomic E-state index is 0.0352. The molecule has 1 aromatic carbocycles. The number of para-hydroxylation sites is 1. The lowest BCUT2D eigenvalue weighted by Crippen LogP contribution is -2.48. The minimum atomic E-state index is -3.57. The molecule has 0 aliphatic carbocycles. The number of aromatic nitrogens is 2. The number of anilines is 1. The van der Waals surface area contributed by atoms with Gasteiger partial charge in [0.25, 0.3) is 0 Å². The van der Waals surface area contributed by atoms with Gasteiger partial charge in [0, 0.05) is 29.8 Å². The highest BCUT2D eigenvalue weighted by Crippen LogP contribution is 2.19. The summed E-state index contributed by atoms with van der Waals surface area (Å²) in [4.78, 5) is 20.0. The molecule has 0 bridgehead atoms. The predicted octanol–water partition coefficient (Wildman–Crippen LogP) is 1.70. The van der Waals surface area contributed by atoms with Crippen LogP contribution in [0, 0.1) is 0 Å². The van der Waals surface area contributed by atoms with E-state index in [1.54, 1.807) is 25.3 Å². The molecule has 0 radical (unpaired) electrons. The Balaban J connectivity index is 1.78. The summed E-state index contributed by atoms with van der Waals surface area (Å²) in [6.07, 6.45) is 4.08. The number of amides is 1. The molecular weight excluding hydrogens is 390 g/mol. The van der Waals surface area contributed by atoms with Crippen LogP contribution in [0.25, 0.3) is 10.9 Å². The maximum absolute atomic E-state index is 12.8. The molecule has 0 fully saturated rings. The topological polar surface area (TPSA) is 130 Å². The summed E-state index contributed by atoms with van der Waals surface area (Å²) in [5, 5.41) is 3.75. The Morgan fingerprint density at radius 3 is 2.76 bits per heavy atom. The van der Waals surface area contributed by atoms with Gasteiger partial charge in [-0.15, -0.1) is 0 Å². The highest BCUT2D eigenvalue weighted by Gasteiger charge is 2.25. The molecule has 1 atom stereocenters. The lowest BCUT2D eigenvalue weighted by molar-refractivity contribution is -0.122. The Morgan fingerprint density at radius 2 is 2.03 bits per heavy atom. The highest BCUT2D eigenvalue weighted by atomic mass is 32.2. The van der Waals surface area contributed by atoms with Crippen LogP contribution < -0.4 is 15.8 Å². The predicted molar refractivity (Wildman–Crippen MR) is 114 cm³/mol. The number of fused-ring (bicyclic) bond motifs is 1. The fourth-order valence-corrected chi connectivity index (χ4v) is 4.38. The number of hydrogen-bond acceptors (Lipinski definition) is 5. The number of rotatable bonds is 9. The third kappa shape index (κ3) is 5.55. The highest BCUT2D eigenvalue weighted by molar-refractivity contribution is 7.89. The summed E-state index contributed by atoms with van der Waals surface area (Å²) in [5.74, 6) is -0.0385. The summed E-state index contributed by atoms with van der Waals surface area (Å²) in [6.45, 7) is 2.01. The van der Waals surface area contributed by atoms with Gasteiger partial charge in [-0.3, -0.25) is 4.79 Å². The Bertz CT molecular complexity index is 1080. The van der Waals surface area contributed by atoms with Crippen molar-refractivity contribution in [3.05, 3.63) is 59.9 Å². The summed E-state index contributed by atoms with van der Waals surface area (Å²) in [5.41, 5.74) is 8.15. The molecule has 8 nitrogen and oxygen atoms in total. The van der Waals surface area contributed by atoms with E-state index in [0.29, 0.717) is 12.2 Å². The molecule has 0 aliphatic rings. The molecule has 0 aliphatic heterocycles. The number of nitrogen functional groups attached to an aromatic ring is 1. The number of nitrogens with two attached hydrogens (primary N) is 1. The molecule has 3 aromatic rings. The smallest absolute Gasteiger partial charge is 0.238 e. The van der Waals surface area contributed by atoms with Crippen LogP contribution in [0.15, 0.2) is 48.8 Å². The monoisotopic (exact) mass is 415 g/mol. The van der Waals surface area contributed by atoms with Gasteiger partial charge in [-0.1, -0.05) is 31.2 Å². The number of carbonyl (C=O) groups excluding carboxylic acids is 1. The zero-order chi connectivity index (χ0) is 20.9. The average Bonchev–Trinajstić information content (AvgIpc) is 3.09. The number of benzene rings is 1. The first kappa shape index (κ1) is 20.8. The second kappa shape index (κ2) is 9.06. The number of carbonyl (C=O) groups is 1. The first-order chi connectivity index (χ1) is 13.9. The van der Waals surface area contributed by atoms with Gasteiger partial charge in [0.05, 0.1) is 5.75 Å². The molecule has 0 saturated heterocycles. The average molecular weight is 416 g/mol. The van der Waals surface area contributed by atoms with Crippen molar-refractivity contribution >= 4 is 32.7 Å². The second-order valence-electron chi connectivity index (χ2n) is 6.86. The fourth-order valence-electron chi connectivity index (χ4n) is 3.11. The van der Waals surface area contributed by atoms with E-state index in [1.807, 2.05) is 30.5 Å². The summed E-state index contributed by atoms with van der Waals surface area (Å²) in [6, 6.07) is 10.2. The molecule has 2 aromatic heterocycles. The van der Waals surface area contributed by atoms with Crippen LogP contribution in [0.5, 0.6) is 0 Å². The van der Waals surface area contributed by atoms with Crippen molar-refractivity contribution in [1.29, 1.82) is 0 Å². The van der Waals surface area contributed by atoms with E-state index in [4.69, 9.17) is 5.73 Å². The normalized spacial score (nSPS) is 12.7. The quantitative estimate of drug-likeness (QED) is 0.423. The summed E-state index contributed by atoms with van der Waals surface area (Å²) >= 11 is 0. The van der Waals surface area contributed by atoms with Crippen molar-refractivity contribution in [2.75, 3.05) is 11.5 Å². The molecule has 0 spiro atoms. The number of sulfonamides is 1. The third-order valence-electron chi connectivity index (χ3n) is 4.52. The van der Waals surface area contributed by atoms with Crippen molar-refractivity contribution in [2.45, 2.75) is 32.4 Å². The van der Waals surface area contributed by atoms with Gasteiger partial charge in [-0.25, -0.2) is 18.1 Å². The zero-order valence-electron chi connectivity index (χ0n) is 16.2. The molecule has 5 N–H and O–H groups in total. The lowest BCUT2D eigenvalue weighted by atomic mass is 10.0. The Morgan fingerprint density at radius 1 is 1.24 bits per heavy atom. The number of pyridine rings is 1. The third-order valence-corrected chi connectivity index (χ3v) is 6.11. The lowest BCUT2D eigenvalue weighted by Gasteiger charge is -2.18. The van der Waals surface area contributed by atoms with Crippen LogP contribution >= 0.6 is 0 Å². The molecule has 1 amide bonds. The van der Waals surface area contributed by atoms with Gasteiger partial charge in [-0.2, -0.15) is 0 Å². The van der Waals surface area contributed by atoms with Crippen LogP contribution in [0.3, 0.4) is 0 Å². The zero-order valence-corrected chi connectivity index (χ0v) is 17.0. The van der Waals surface area contributed by atoms with E-state index in [2.05, 4.69) is 20.0 Å². The van der Waals surface area contributed by atoms with Crippen molar-refractivity contribution in [1.82, 2.24) is 20.0 Å². The van der Waals surface area contributed by atoms with Gasteiger partial charge >= 0.3 is 0 Å². The Kier molecular flexibility index (Phi) is 6.50. The van der Waals surface area contributed by atoms with Crippen LogP contribution in [0.2, 0.25) is 0 Å². The first-order valence-corrected chi connectivity index (χ1v) is 11.1. The maximum Gasteiger partial charge on any atom is 0.238 e. The van der Waals surface area contributed by atoms with Crippen LogP contribution in [-0.4, -0.2) is 36.1 Å². The number of hydrogen-bond donors (Lipinski definition) is 4. The van der Waals surface area contributed by atoms with E-state index in [0.717, 1.165) is 22.0 Å². The van der Waals surface area contributed by atoms with Gasteiger partial charge < -0.3 is 16.0 Å². The van der Waals surface area contributed by atoms with Crippen LogP contribution in [-0.2, 0) is 27.8 Å². The SMILES string of the molecule is CCCS(=O)(=O)N[C@@H](Cc1c[nH]c2ccccc12)C(=O)NCc1ccc(N)nc1. The van der Waals surface area contributed by atoms with Crippen molar-refractivity contribution in [3.63, 3.8) is 0 Å². The number of aromatic amines is 1. The maximum atomic E-state index is 12.8. The Labute approximate surface area is 170 Å². The molecule has 3 rings (SSSR count). The van der Waals surface area contributed by atoms with Gasteiger partial charge in [0.15, 0.2) is 0 Å². The number of H-pyrrole nitrogens is 1. The first-order valence-electron chi connectivity index (χ1n) is 9.41. The fraction of sp³-hybridized carbons (Fsp3) is 0.300. The molecule has 9 heteroatoms. The number of nitrogens with zero attached hydrogens (tertiary/aromatic N) is 1. The van der Waals surface area contributed by atoms with E-state index in [-0.39, 0.29) is 18.7 Å². The molecule has 0 unspecified atom stereocenters. The van der Waals surface area contributed by atoms with E-state index in [1.165, 1.54) is 0 Å². The van der Waals surface area contributed by atoms with Crippen molar-refractivity contribution in [3.8, 4) is 0 Å². The summed E-state index contributed by atoms with van der Waals surface area (Å²) < 4.78 is 27.2. The van der Waals surface area contributed by atoms with Gasteiger partial charge in [-0.05, 0) is 36.1 Å². The second-order valence-corrected chi connectivity index (χ2v) is 8.74. The van der Waals surface area contributed by atoms with Crippen molar-refractivity contribution in [2.24, 2.45) is 0 Å². The van der Waals surface area contributed by atoms with Crippen LogP contribution in [0.1, 0.15) is 24.5 Å². The molecule has 29 heavy (non-hydrogen) atoms. The van der Waals surface area contributed by atoms with Gasteiger partial charge in [0.2, 0.25) is 15.9 Å². The Hall–Kier alpha value is -2.91. The van der Waals surface area contributed by atoms with Crippen molar-refractivity contribution < 1.29 is 13.2 Å².